The van der Waals surface area contributed by atoms with Gasteiger partial charge in [-0.05, 0) is 37.8 Å². The summed E-state index contributed by atoms with van der Waals surface area (Å²) in [6.07, 6.45) is 1.58. The Bertz CT molecular complexity index is 591. The summed E-state index contributed by atoms with van der Waals surface area (Å²) >= 11 is 5.83. The third kappa shape index (κ3) is 3.16. The van der Waals surface area contributed by atoms with Crippen molar-refractivity contribution in [3.63, 3.8) is 0 Å². The number of nitrogens with zero attached hydrogens (tertiary/aromatic N) is 2. The third-order valence-corrected chi connectivity index (χ3v) is 4.12. The van der Waals surface area contributed by atoms with Gasteiger partial charge in [-0.15, -0.1) is 11.6 Å². The Kier molecular flexibility index (Phi) is 5.24. The lowest BCUT2D eigenvalue weighted by molar-refractivity contribution is -0.384. The number of anilines is 1. The number of aryl methyl sites for hydroxylation is 1. The van der Waals surface area contributed by atoms with E-state index in [-0.39, 0.29) is 24.1 Å². The zero-order chi connectivity index (χ0) is 16.3. The fourth-order valence-electron chi connectivity index (χ4n) is 2.81. The van der Waals surface area contributed by atoms with Gasteiger partial charge < -0.3 is 9.64 Å². The number of nitro benzene ring substituents is 1. The van der Waals surface area contributed by atoms with Crippen molar-refractivity contribution >= 4 is 28.9 Å². The van der Waals surface area contributed by atoms with Gasteiger partial charge in [0.25, 0.3) is 5.69 Å². The van der Waals surface area contributed by atoms with E-state index in [0.717, 1.165) is 24.0 Å². The molecule has 0 N–H and O–H groups in total. The summed E-state index contributed by atoms with van der Waals surface area (Å²) in [4.78, 5) is 24.8. The van der Waals surface area contributed by atoms with E-state index in [2.05, 4.69) is 0 Å². The second-order valence-electron chi connectivity index (χ2n) is 5.24. The van der Waals surface area contributed by atoms with E-state index < -0.39 is 11.0 Å². The predicted octanol–water partition coefficient (Wildman–Crippen LogP) is 3.04. The van der Waals surface area contributed by atoms with E-state index in [0.29, 0.717) is 12.2 Å². The van der Waals surface area contributed by atoms with Crippen LogP contribution in [0.25, 0.3) is 0 Å². The maximum Gasteiger partial charge on any atom is 0.328 e. The van der Waals surface area contributed by atoms with E-state index in [9.17, 15) is 14.9 Å². The summed E-state index contributed by atoms with van der Waals surface area (Å²) in [5, 5.41) is 11.4. The Morgan fingerprint density at radius 1 is 1.55 bits per heavy atom. The average Bonchev–Trinajstić information content (AvgIpc) is 2.52. The monoisotopic (exact) mass is 326 g/mol. The summed E-state index contributed by atoms with van der Waals surface area (Å²) in [5.74, 6) is -0.146. The van der Waals surface area contributed by atoms with Crippen molar-refractivity contribution in [1.82, 2.24) is 0 Å². The molecule has 0 aromatic heterocycles. The molecule has 6 nitrogen and oxygen atoms in total. The molecule has 22 heavy (non-hydrogen) atoms. The molecule has 1 unspecified atom stereocenters. The number of esters is 1. The van der Waals surface area contributed by atoms with Crippen LogP contribution in [-0.2, 0) is 21.8 Å². The Labute approximate surface area is 134 Å². The predicted molar refractivity (Wildman–Crippen MR) is 84.4 cm³/mol. The first kappa shape index (κ1) is 16.5. The average molecular weight is 327 g/mol. The molecular weight excluding hydrogens is 308 g/mol. The second-order valence-corrected chi connectivity index (χ2v) is 5.51. The highest BCUT2D eigenvalue weighted by Gasteiger charge is 2.33. The fraction of sp³-hybridized carbons (Fsp3) is 0.533. The molecule has 1 aliphatic heterocycles. The topological polar surface area (TPSA) is 72.7 Å². The lowest BCUT2D eigenvalue weighted by Crippen LogP contribution is -2.43. The van der Waals surface area contributed by atoms with E-state index >= 15 is 0 Å². The van der Waals surface area contributed by atoms with Crippen LogP contribution in [0.2, 0.25) is 0 Å². The van der Waals surface area contributed by atoms with Crippen LogP contribution in [0.4, 0.5) is 11.4 Å². The van der Waals surface area contributed by atoms with Crippen LogP contribution in [-0.4, -0.2) is 30.1 Å². The van der Waals surface area contributed by atoms with E-state index in [1.807, 2.05) is 6.07 Å². The van der Waals surface area contributed by atoms with Gasteiger partial charge in [-0.1, -0.05) is 6.07 Å². The molecule has 0 saturated heterocycles. The maximum atomic E-state index is 12.0. The number of benzene rings is 1. The minimum absolute atomic E-state index is 0.00370. The molecule has 120 valence electrons. The zero-order valence-corrected chi connectivity index (χ0v) is 13.4. The number of rotatable bonds is 5. The van der Waals surface area contributed by atoms with Crippen LogP contribution in [0.5, 0.6) is 0 Å². The van der Waals surface area contributed by atoms with Crippen molar-refractivity contribution in [1.29, 1.82) is 0 Å². The standard InChI is InChI=1S/C15H19ClN2O4/c1-3-22-15(19)10(2)17-6-4-5-12-7-11(9-16)8-13(14(12)17)18(20)21/h7-8,10H,3-6,9H2,1-2H3. The van der Waals surface area contributed by atoms with Crippen LogP contribution < -0.4 is 4.90 Å². The summed E-state index contributed by atoms with van der Waals surface area (Å²) in [7, 11) is 0. The first-order chi connectivity index (χ1) is 10.5. The lowest BCUT2D eigenvalue weighted by Gasteiger charge is -2.34. The Morgan fingerprint density at radius 2 is 2.27 bits per heavy atom. The van der Waals surface area contributed by atoms with Gasteiger partial charge in [0.15, 0.2) is 0 Å². The minimum atomic E-state index is -0.556. The SMILES string of the molecule is CCOC(=O)C(C)N1CCCc2cc(CCl)cc([N+](=O)[O-])c21. The Hall–Kier alpha value is -1.82. The summed E-state index contributed by atoms with van der Waals surface area (Å²) < 4.78 is 5.05. The van der Waals surface area contributed by atoms with Crippen LogP contribution in [0.1, 0.15) is 31.4 Å². The lowest BCUT2D eigenvalue weighted by atomic mass is 9.96. The van der Waals surface area contributed by atoms with Gasteiger partial charge in [-0.25, -0.2) is 4.79 Å². The number of hydrogen-bond donors (Lipinski definition) is 0. The number of carbonyl (C=O) groups excluding carboxylic acids is 1. The van der Waals surface area contributed by atoms with Gasteiger partial charge in [0.1, 0.15) is 11.7 Å². The van der Waals surface area contributed by atoms with Crippen LogP contribution in [0, 0.1) is 10.1 Å². The first-order valence-electron chi connectivity index (χ1n) is 7.29. The molecule has 0 radical (unpaired) electrons. The first-order valence-corrected chi connectivity index (χ1v) is 7.82. The molecule has 1 aromatic rings. The van der Waals surface area contributed by atoms with E-state index in [1.54, 1.807) is 18.7 Å². The molecule has 0 bridgehead atoms. The molecule has 0 saturated carbocycles. The summed E-state index contributed by atoms with van der Waals surface area (Å²) in [6, 6.07) is 2.82. The number of carbonyl (C=O) groups is 1. The highest BCUT2D eigenvalue weighted by Crippen LogP contribution is 2.38. The van der Waals surface area contributed by atoms with Gasteiger partial charge in [-0.2, -0.15) is 0 Å². The fourth-order valence-corrected chi connectivity index (χ4v) is 2.96. The number of alkyl halides is 1. The molecule has 1 atom stereocenters. The van der Waals surface area contributed by atoms with Crippen LogP contribution in [0.3, 0.4) is 0 Å². The number of ether oxygens (including phenoxy) is 1. The molecule has 1 heterocycles. The number of fused-ring (bicyclic) bond motifs is 1. The largest absolute Gasteiger partial charge is 0.464 e. The van der Waals surface area contributed by atoms with Gasteiger partial charge in [0.05, 0.1) is 11.5 Å². The normalized spacial score (nSPS) is 15.1. The Balaban J connectivity index is 2.48. The smallest absolute Gasteiger partial charge is 0.328 e. The van der Waals surface area contributed by atoms with Crippen LogP contribution in [0.15, 0.2) is 12.1 Å². The molecule has 1 aromatic carbocycles. The molecule has 1 aliphatic rings. The van der Waals surface area contributed by atoms with E-state index in [4.69, 9.17) is 16.3 Å². The number of nitro groups is 1. The maximum absolute atomic E-state index is 12.0. The third-order valence-electron chi connectivity index (χ3n) is 3.81. The summed E-state index contributed by atoms with van der Waals surface area (Å²) in [6.45, 7) is 4.33. The van der Waals surface area contributed by atoms with Gasteiger partial charge in [0.2, 0.25) is 0 Å². The van der Waals surface area contributed by atoms with Crippen molar-refractivity contribution in [3.8, 4) is 0 Å². The second kappa shape index (κ2) is 6.96. The number of hydrogen-bond acceptors (Lipinski definition) is 5. The highest BCUT2D eigenvalue weighted by molar-refractivity contribution is 6.17. The highest BCUT2D eigenvalue weighted by atomic mass is 35.5. The summed E-state index contributed by atoms with van der Waals surface area (Å²) in [5.41, 5.74) is 2.11. The molecule has 0 fully saturated rings. The number of halogens is 1. The van der Waals surface area contributed by atoms with Gasteiger partial charge in [0, 0.05) is 18.5 Å². The quantitative estimate of drug-likeness (QED) is 0.360. The van der Waals surface area contributed by atoms with Crippen molar-refractivity contribution in [2.24, 2.45) is 0 Å². The van der Waals surface area contributed by atoms with Crippen molar-refractivity contribution in [2.75, 3.05) is 18.1 Å². The van der Waals surface area contributed by atoms with Gasteiger partial charge >= 0.3 is 5.97 Å². The molecule has 7 heteroatoms. The van der Waals surface area contributed by atoms with Gasteiger partial charge in [-0.3, -0.25) is 10.1 Å². The molecule has 2 rings (SSSR count). The van der Waals surface area contributed by atoms with Crippen molar-refractivity contribution < 1.29 is 14.5 Å². The molecular formula is C15H19ClN2O4. The minimum Gasteiger partial charge on any atom is -0.464 e. The molecule has 0 aliphatic carbocycles. The van der Waals surface area contributed by atoms with E-state index in [1.165, 1.54) is 6.07 Å². The van der Waals surface area contributed by atoms with Crippen molar-refractivity contribution in [2.45, 2.75) is 38.6 Å². The molecule has 0 spiro atoms. The van der Waals surface area contributed by atoms with Crippen LogP contribution >= 0.6 is 11.6 Å². The Morgan fingerprint density at radius 3 is 2.86 bits per heavy atom. The van der Waals surface area contributed by atoms with Crippen molar-refractivity contribution in [3.05, 3.63) is 33.4 Å². The zero-order valence-electron chi connectivity index (χ0n) is 12.7. The molecule has 0 amide bonds.